The molecule has 1 aromatic heterocycles. The molecule has 19 heavy (non-hydrogen) atoms. The first kappa shape index (κ1) is 14.8. The van der Waals surface area contributed by atoms with Crippen LogP contribution in [0.3, 0.4) is 0 Å². The van der Waals surface area contributed by atoms with E-state index in [1.165, 1.54) is 41.4 Å². The van der Waals surface area contributed by atoms with Gasteiger partial charge in [0.1, 0.15) is 0 Å². The third kappa shape index (κ3) is 3.29. The molecule has 0 saturated carbocycles. The van der Waals surface area contributed by atoms with Crippen LogP contribution in [0.25, 0.3) is 0 Å². The third-order valence-electron chi connectivity index (χ3n) is 4.10. The number of anilines is 1. The maximum atomic E-state index is 6.22. The van der Waals surface area contributed by atoms with Crippen molar-refractivity contribution in [1.82, 2.24) is 4.98 Å². The minimum atomic E-state index is 0.222. The summed E-state index contributed by atoms with van der Waals surface area (Å²) in [4.78, 5) is 8.71. The molecule has 3 nitrogen and oxygen atoms in total. The van der Waals surface area contributed by atoms with Crippen molar-refractivity contribution in [2.45, 2.75) is 71.4 Å². The Bertz CT molecular complexity index is 402. The van der Waals surface area contributed by atoms with E-state index in [-0.39, 0.29) is 6.04 Å². The Morgan fingerprint density at radius 2 is 2.26 bits per heavy atom. The molecule has 108 valence electrons. The monoisotopic (exact) mass is 281 g/mol. The molecule has 0 aliphatic heterocycles. The quantitative estimate of drug-likeness (QED) is 0.860. The zero-order chi connectivity index (χ0) is 13.8. The first-order valence-corrected chi connectivity index (χ1v) is 8.50. The largest absolute Gasteiger partial charge is 0.345 e. The van der Waals surface area contributed by atoms with Gasteiger partial charge in [0.05, 0.1) is 5.69 Å². The average Bonchev–Trinajstić information content (AvgIpc) is 2.84. The number of rotatable bonds is 6. The molecule has 1 heterocycles. The Kier molecular flexibility index (Phi) is 5.22. The molecule has 0 radical (unpaired) electrons. The van der Waals surface area contributed by atoms with Gasteiger partial charge < -0.3 is 10.6 Å². The maximum Gasteiger partial charge on any atom is 0.186 e. The van der Waals surface area contributed by atoms with E-state index in [1.807, 2.05) is 11.3 Å². The molecule has 0 fully saturated rings. The van der Waals surface area contributed by atoms with E-state index < -0.39 is 0 Å². The van der Waals surface area contributed by atoms with Crippen LogP contribution in [0.4, 0.5) is 5.13 Å². The van der Waals surface area contributed by atoms with Gasteiger partial charge in [0.15, 0.2) is 5.13 Å². The van der Waals surface area contributed by atoms with Crippen LogP contribution < -0.4 is 10.6 Å². The predicted octanol–water partition coefficient (Wildman–Crippen LogP) is 3.88. The highest BCUT2D eigenvalue weighted by atomic mass is 32.1. The van der Waals surface area contributed by atoms with Crippen molar-refractivity contribution in [3.8, 4) is 0 Å². The van der Waals surface area contributed by atoms with Gasteiger partial charge in [-0.05, 0) is 39.0 Å². The lowest BCUT2D eigenvalue weighted by atomic mass is 9.99. The number of nitrogens with two attached hydrogens (primary N) is 1. The Morgan fingerprint density at radius 1 is 1.47 bits per heavy atom. The second-order valence-electron chi connectivity index (χ2n) is 5.61. The predicted molar refractivity (Wildman–Crippen MR) is 84.0 cm³/mol. The second-order valence-corrected chi connectivity index (χ2v) is 6.62. The zero-order valence-electron chi connectivity index (χ0n) is 12.5. The van der Waals surface area contributed by atoms with E-state index in [1.54, 1.807) is 0 Å². The van der Waals surface area contributed by atoms with Gasteiger partial charge in [0.2, 0.25) is 0 Å². The van der Waals surface area contributed by atoms with Crippen LogP contribution >= 0.6 is 11.3 Å². The number of hydrogen-bond acceptors (Lipinski definition) is 4. The average molecular weight is 281 g/mol. The van der Waals surface area contributed by atoms with E-state index >= 15 is 0 Å². The van der Waals surface area contributed by atoms with E-state index in [2.05, 4.69) is 25.7 Å². The fraction of sp³-hybridized carbons (Fsp3) is 0.800. The number of aromatic nitrogens is 1. The summed E-state index contributed by atoms with van der Waals surface area (Å²) >= 11 is 1.84. The summed E-state index contributed by atoms with van der Waals surface area (Å²) in [6.07, 6.45) is 7.06. The summed E-state index contributed by atoms with van der Waals surface area (Å²) in [7, 11) is 0. The van der Waals surface area contributed by atoms with Crippen LogP contribution in [-0.2, 0) is 6.42 Å². The van der Waals surface area contributed by atoms with Crippen molar-refractivity contribution in [1.29, 1.82) is 0 Å². The summed E-state index contributed by atoms with van der Waals surface area (Å²) in [5.41, 5.74) is 7.49. The van der Waals surface area contributed by atoms with Gasteiger partial charge in [-0.2, -0.15) is 0 Å². The van der Waals surface area contributed by atoms with Crippen LogP contribution in [0.5, 0.6) is 0 Å². The van der Waals surface area contributed by atoms with Gasteiger partial charge in [-0.25, -0.2) is 4.98 Å². The summed E-state index contributed by atoms with van der Waals surface area (Å²) in [5, 5.41) is 1.20. The Hall–Kier alpha value is -0.610. The molecule has 0 amide bonds. The molecule has 4 heteroatoms. The van der Waals surface area contributed by atoms with E-state index in [9.17, 15) is 0 Å². The van der Waals surface area contributed by atoms with E-state index in [4.69, 9.17) is 10.7 Å². The summed E-state index contributed by atoms with van der Waals surface area (Å²) in [6, 6.07) is 0.787. The fourth-order valence-corrected chi connectivity index (χ4v) is 3.89. The van der Waals surface area contributed by atoms with E-state index in [0.29, 0.717) is 6.04 Å². The molecule has 1 aliphatic carbocycles. The zero-order valence-corrected chi connectivity index (χ0v) is 13.3. The van der Waals surface area contributed by atoms with Crippen LogP contribution in [0.1, 0.15) is 69.5 Å². The minimum absolute atomic E-state index is 0.222. The van der Waals surface area contributed by atoms with Crippen molar-refractivity contribution in [2.24, 2.45) is 5.73 Å². The van der Waals surface area contributed by atoms with Crippen LogP contribution in [-0.4, -0.2) is 17.6 Å². The molecule has 0 bridgehead atoms. The first-order chi connectivity index (χ1) is 9.17. The molecule has 2 atom stereocenters. The minimum Gasteiger partial charge on any atom is -0.345 e. The molecule has 1 aliphatic rings. The Balaban J connectivity index is 2.21. The van der Waals surface area contributed by atoms with Gasteiger partial charge in [-0.3, -0.25) is 0 Å². The van der Waals surface area contributed by atoms with Crippen molar-refractivity contribution in [3.05, 3.63) is 10.6 Å². The molecule has 0 aromatic carbocycles. The van der Waals surface area contributed by atoms with Gasteiger partial charge in [-0.15, -0.1) is 0 Å². The van der Waals surface area contributed by atoms with Crippen molar-refractivity contribution in [3.63, 3.8) is 0 Å². The lowest BCUT2D eigenvalue weighted by molar-refractivity contribution is 0.570. The highest BCUT2D eigenvalue weighted by Gasteiger charge is 2.24. The summed E-state index contributed by atoms with van der Waals surface area (Å²) in [5.74, 6) is 0. The first-order valence-electron chi connectivity index (χ1n) is 7.69. The smallest absolute Gasteiger partial charge is 0.186 e. The summed E-state index contributed by atoms with van der Waals surface area (Å²) in [6.45, 7) is 7.92. The topological polar surface area (TPSA) is 42.2 Å². The number of aryl methyl sites for hydroxylation is 1. The Labute approximate surface area is 121 Å². The van der Waals surface area contributed by atoms with Crippen LogP contribution in [0.2, 0.25) is 0 Å². The van der Waals surface area contributed by atoms with Gasteiger partial charge >= 0.3 is 0 Å². The van der Waals surface area contributed by atoms with Crippen molar-refractivity contribution < 1.29 is 0 Å². The van der Waals surface area contributed by atoms with Crippen molar-refractivity contribution in [2.75, 3.05) is 11.4 Å². The lowest BCUT2D eigenvalue weighted by Crippen LogP contribution is -2.33. The summed E-state index contributed by atoms with van der Waals surface area (Å²) < 4.78 is 0. The molecule has 2 rings (SSSR count). The number of hydrogen-bond donors (Lipinski definition) is 1. The molecule has 2 N–H and O–H groups in total. The number of nitrogens with zero attached hydrogens (tertiary/aromatic N) is 2. The number of thiazole rings is 1. The fourth-order valence-electron chi connectivity index (χ4n) is 2.62. The normalized spacial score (nSPS) is 20.1. The maximum absolute atomic E-state index is 6.22. The third-order valence-corrected chi connectivity index (χ3v) is 5.37. The standard InChI is InChI=1S/C15H27N3S/c1-4-6-10-18(11(3)5-2)15-17-13-9-7-8-12(16)14(13)19-15/h11-12H,4-10,16H2,1-3H3. The lowest BCUT2D eigenvalue weighted by Gasteiger charge is -2.28. The van der Waals surface area contributed by atoms with Crippen molar-refractivity contribution >= 4 is 16.5 Å². The molecule has 2 unspecified atom stereocenters. The van der Waals surface area contributed by atoms with Gasteiger partial charge in [0, 0.05) is 23.5 Å². The molecular weight excluding hydrogens is 254 g/mol. The molecule has 0 spiro atoms. The molecular formula is C15H27N3S. The highest BCUT2D eigenvalue weighted by Crippen LogP contribution is 2.37. The highest BCUT2D eigenvalue weighted by molar-refractivity contribution is 7.15. The van der Waals surface area contributed by atoms with E-state index in [0.717, 1.165) is 19.4 Å². The molecule has 0 saturated heterocycles. The Morgan fingerprint density at radius 3 is 2.89 bits per heavy atom. The number of unbranched alkanes of at least 4 members (excludes halogenated alkanes) is 1. The van der Waals surface area contributed by atoms with Gasteiger partial charge in [0.25, 0.3) is 0 Å². The van der Waals surface area contributed by atoms with Gasteiger partial charge in [-0.1, -0.05) is 31.6 Å². The SMILES string of the molecule is CCCCN(c1nc2c(s1)C(N)CCC2)C(C)CC. The van der Waals surface area contributed by atoms with Crippen LogP contribution in [0.15, 0.2) is 0 Å². The molecule has 1 aromatic rings. The second kappa shape index (κ2) is 6.71. The van der Waals surface area contributed by atoms with Crippen LogP contribution in [0, 0.1) is 0 Å². The number of fused-ring (bicyclic) bond motifs is 1.